The molecule has 0 fully saturated rings. The van der Waals surface area contributed by atoms with Crippen LogP contribution < -0.4 is 5.32 Å². The number of aromatic nitrogens is 1. The molecule has 0 aromatic carbocycles. The molecular weight excluding hydrogens is 266 g/mol. The highest BCUT2D eigenvalue weighted by Gasteiger charge is 2.05. The number of nitrogens with zero attached hydrogens (tertiary/aromatic N) is 2. The Hall–Kier alpha value is -0.920. The predicted molar refractivity (Wildman–Crippen MR) is 79.3 cm³/mol. The van der Waals surface area contributed by atoms with Gasteiger partial charge in [0.05, 0.1) is 5.56 Å². The molecule has 0 unspecified atom stereocenters. The number of nitriles is 1. The van der Waals surface area contributed by atoms with Crippen molar-refractivity contribution in [1.29, 1.82) is 5.26 Å². The highest BCUT2D eigenvalue weighted by Crippen LogP contribution is 2.22. The van der Waals surface area contributed by atoms with Crippen molar-refractivity contribution in [2.75, 3.05) is 23.9 Å². The second kappa shape index (κ2) is 9.07. The number of unbranched alkanes of at least 4 members (excludes halogenated alkanes) is 3. The molecule has 0 saturated heterocycles. The standard InChI is InChI=1S/C13H18ClN3S/c1-18-9-5-3-2-4-7-16-13-12(14)11(10-15)6-8-17-13/h6,8H,2-5,7,9H2,1H3,(H,16,17). The maximum Gasteiger partial charge on any atom is 0.146 e. The van der Waals surface area contributed by atoms with E-state index < -0.39 is 0 Å². The lowest BCUT2D eigenvalue weighted by atomic mass is 10.2. The fourth-order valence-electron chi connectivity index (χ4n) is 1.59. The first-order valence-corrected chi connectivity index (χ1v) is 7.84. The van der Waals surface area contributed by atoms with Crippen LogP contribution in [0.25, 0.3) is 0 Å². The fourth-order valence-corrected chi connectivity index (χ4v) is 2.30. The van der Waals surface area contributed by atoms with Crippen LogP contribution in [0.1, 0.15) is 31.2 Å². The zero-order chi connectivity index (χ0) is 13.2. The first-order chi connectivity index (χ1) is 8.79. The van der Waals surface area contributed by atoms with E-state index in [1.54, 1.807) is 12.3 Å². The topological polar surface area (TPSA) is 48.7 Å². The number of hydrogen-bond acceptors (Lipinski definition) is 4. The van der Waals surface area contributed by atoms with Crippen LogP contribution in [0.4, 0.5) is 5.82 Å². The Morgan fingerprint density at radius 1 is 1.39 bits per heavy atom. The van der Waals surface area contributed by atoms with Crippen molar-refractivity contribution in [2.45, 2.75) is 25.7 Å². The highest BCUT2D eigenvalue weighted by molar-refractivity contribution is 7.98. The molecule has 0 saturated carbocycles. The third kappa shape index (κ3) is 5.16. The summed E-state index contributed by atoms with van der Waals surface area (Å²) >= 11 is 7.93. The molecule has 5 heteroatoms. The van der Waals surface area contributed by atoms with Crippen LogP contribution in [-0.4, -0.2) is 23.5 Å². The summed E-state index contributed by atoms with van der Waals surface area (Å²) in [5.74, 6) is 1.85. The second-order valence-electron chi connectivity index (χ2n) is 3.97. The smallest absolute Gasteiger partial charge is 0.146 e. The minimum absolute atomic E-state index is 0.419. The molecule has 1 rings (SSSR count). The Bertz CT molecular complexity index is 404. The van der Waals surface area contributed by atoms with Gasteiger partial charge in [-0.1, -0.05) is 24.4 Å². The van der Waals surface area contributed by atoms with Crippen LogP contribution in [0.5, 0.6) is 0 Å². The van der Waals surface area contributed by atoms with E-state index in [1.165, 1.54) is 25.0 Å². The lowest BCUT2D eigenvalue weighted by molar-refractivity contribution is 0.688. The van der Waals surface area contributed by atoms with Gasteiger partial charge in [-0.15, -0.1) is 0 Å². The molecule has 0 aliphatic rings. The van der Waals surface area contributed by atoms with Crippen molar-refractivity contribution in [3.63, 3.8) is 0 Å². The van der Waals surface area contributed by atoms with Crippen LogP contribution in [0.2, 0.25) is 5.02 Å². The normalized spacial score (nSPS) is 10.1. The zero-order valence-electron chi connectivity index (χ0n) is 10.6. The van der Waals surface area contributed by atoms with Crippen molar-refractivity contribution in [3.8, 4) is 6.07 Å². The zero-order valence-corrected chi connectivity index (χ0v) is 12.2. The first-order valence-electron chi connectivity index (χ1n) is 6.07. The molecule has 98 valence electrons. The van der Waals surface area contributed by atoms with Gasteiger partial charge in [0.15, 0.2) is 0 Å². The molecule has 3 nitrogen and oxygen atoms in total. The molecule has 1 aromatic heterocycles. The minimum Gasteiger partial charge on any atom is -0.369 e. The van der Waals surface area contributed by atoms with Crippen molar-refractivity contribution in [1.82, 2.24) is 4.98 Å². The van der Waals surface area contributed by atoms with E-state index in [0.29, 0.717) is 16.4 Å². The maximum absolute atomic E-state index is 8.84. The van der Waals surface area contributed by atoms with Gasteiger partial charge in [-0.2, -0.15) is 17.0 Å². The second-order valence-corrected chi connectivity index (χ2v) is 5.33. The quantitative estimate of drug-likeness (QED) is 0.734. The van der Waals surface area contributed by atoms with E-state index in [0.717, 1.165) is 13.0 Å². The number of hydrogen-bond donors (Lipinski definition) is 1. The number of pyridine rings is 1. The largest absolute Gasteiger partial charge is 0.369 e. The van der Waals surface area contributed by atoms with Crippen LogP contribution in [0.3, 0.4) is 0 Å². The van der Waals surface area contributed by atoms with Gasteiger partial charge in [0.25, 0.3) is 0 Å². The van der Waals surface area contributed by atoms with Gasteiger partial charge in [0.1, 0.15) is 16.9 Å². The van der Waals surface area contributed by atoms with E-state index in [1.807, 2.05) is 17.8 Å². The molecule has 0 aliphatic carbocycles. The van der Waals surface area contributed by atoms with Crippen molar-refractivity contribution in [2.24, 2.45) is 0 Å². The third-order valence-corrected chi connectivity index (χ3v) is 3.66. The molecule has 1 N–H and O–H groups in total. The summed E-state index contributed by atoms with van der Waals surface area (Å²) in [5, 5.41) is 12.4. The summed E-state index contributed by atoms with van der Waals surface area (Å²) in [6.45, 7) is 0.848. The number of halogens is 1. The number of nitrogens with one attached hydrogen (secondary N) is 1. The van der Waals surface area contributed by atoms with Gasteiger partial charge in [-0.3, -0.25) is 0 Å². The number of thioether (sulfide) groups is 1. The fraction of sp³-hybridized carbons (Fsp3) is 0.538. The van der Waals surface area contributed by atoms with E-state index in [-0.39, 0.29) is 0 Å². The summed E-state index contributed by atoms with van der Waals surface area (Å²) in [7, 11) is 0. The molecule has 0 radical (unpaired) electrons. The van der Waals surface area contributed by atoms with Gasteiger partial charge in [0, 0.05) is 12.7 Å². The lowest BCUT2D eigenvalue weighted by Crippen LogP contribution is -2.04. The van der Waals surface area contributed by atoms with E-state index >= 15 is 0 Å². The molecule has 0 aliphatic heterocycles. The first kappa shape index (κ1) is 15.1. The lowest BCUT2D eigenvalue weighted by Gasteiger charge is -2.07. The monoisotopic (exact) mass is 283 g/mol. The van der Waals surface area contributed by atoms with Gasteiger partial charge < -0.3 is 5.32 Å². The SMILES string of the molecule is CSCCCCCCNc1nccc(C#N)c1Cl. The number of anilines is 1. The summed E-state index contributed by atoms with van der Waals surface area (Å²) < 4.78 is 0. The summed E-state index contributed by atoms with van der Waals surface area (Å²) in [6.07, 6.45) is 8.60. The van der Waals surface area contributed by atoms with Gasteiger partial charge >= 0.3 is 0 Å². The number of rotatable bonds is 8. The summed E-state index contributed by atoms with van der Waals surface area (Å²) in [5.41, 5.74) is 0.467. The van der Waals surface area contributed by atoms with Crippen LogP contribution in [-0.2, 0) is 0 Å². The average molecular weight is 284 g/mol. The predicted octanol–water partition coefficient (Wildman–Crippen LogP) is 3.94. The Morgan fingerprint density at radius 3 is 2.89 bits per heavy atom. The molecule has 0 bridgehead atoms. The van der Waals surface area contributed by atoms with E-state index in [9.17, 15) is 0 Å². The van der Waals surface area contributed by atoms with E-state index in [2.05, 4.69) is 16.6 Å². The highest BCUT2D eigenvalue weighted by atomic mass is 35.5. The summed E-state index contributed by atoms with van der Waals surface area (Å²) in [6, 6.07) is 3.67. The molecule has 18 heavy (non-hydrogen) atoms. The van der Waals surface area contributed by atoms with E-state index in [4.69, 9.17) is 16.9 Å². The van der Waals surface area contributed by atoms with Gasteiger partial charge in [-0.25, -0.2) is 4.98 Å². The third-order valence-electron chi connectivity index (χ3n) is 2.58. The molecule has 1 aromatic rings. The summed E-state index contributed by atoms with van der Waals surface area (Å²) in [4.78, 5) is 4.14. The Morgan fingerprint density at radius 2 is 2.17 bits per heavy atom. The van der Waals surface area contributed by atoms with Gasteiger partial charge in [0.2, 0.25) is 0 Å². The van der Waals surface area contributed by atoms with Crippen molar-refractivity contribution in [3.05, 3.63) is 22.8 Å². The molecule has 1 heterocycles. The van der Waals surface area contributed by atoms with Crippen LogP contribution in [0.15, 0.2) is 12.3 Å². The van der Waals surface area contributed by atoms with Crippen LogP contribution >= 0.6 is 23.4 Å². The average Bonchev–Trinajstić information content (AvgIpc) is 2.39. The Kier molecular flexibility index (Phi) is 7.63. The Labute approximate surface area is 118 Å². The Balaban J connectivity index is 2.26. The molecule has 0 amide bonds. The maximum atomic E-state index is 8.84. The van der Waals surface area contributed by atoms with Gasteiger partial charge in [-0.05, 0) is 30.9 Å². The molecule has 0 spiro atoms. The van der Waals surface area contributed by atoms with Crippen molar-refractivity contribution < 1.29 is 0 Å². The van der Waals surface area contributed by atoms with Crippen molar-refractivity contribution >= 4 is 29.2 Å². The minimum atomic E-state index is 0.419. The molecular formula is C13H18ClN3S. The molecule has 0 atom stereocenters. The van der Waals surface area contributed by atoms with Crippen LogP contribution in [0, 0.1) is 11.3 Å².